The highest BCUT2D eigenvalue weighted by atomic mass is 79.9. The molecule has 0 aromatic carbocycles. The SMILES string of the molecule is CCc1nc(Br)cc(Sc2nnnn2C)n1. The molecule has 0 atom stereocenters. The molecule has 2 rings (SSSR count). The fourth-order valence-corrected chi connectivity index (χ4v) is 2.38. The molecule has 16 heavy (non-hydrogen) atoms. The van der Waals surface area contributed by atoms with E-state index in [0.29, 0.717) is 5.16 Å². The molecule has 0 aliphatic rings. The van der Waals surface area contributed by atoms with Crippen molar-refractivity contribution in [2.24, 2.45) is 7.05 Å². The summed E-state index contributed by atoms with van der Waals surface area (Å²) < 4.78 is 2.38. The number of tetrazole rings is 1. The number of rotatable bonds is 3. The van der Waals surface area contributed by atoms with Crippen molar-refractivity contribution < 1.29 is 0 Å². The first-order valence-corrected chi connectivity index (χ1v) is 6.23. The largest absolute Gasteiger partial charge is 0.226 e. The van der Waals surface area contributed by atoms with E-state index in [2.05, 4.69) is 41.4 Å². The molecular formula is C8H9BrN6S. The summed E-state index contributed by atoms with van der Waals surface area (Å²) in [6.45, 7) is 2.01. The number of aryl methyl sites for hydroxylation is 2. The van der Waals surface area contributed by atoms with E-state index in [-0.39, 0.29) is 0 Å². The molecule has 0 radical (unpaired) electrons. The van der Waals surface area contributed by atoms with Gasteiger partial charge in [-0.2, -0.15) is 0 Å². The molecule has 0 unspecified atom stereocenters. The van der Waals surface area contributed by atoms with Gasteiger partial charge in [-0.3, -0.25) is 0 Å². The van der Waals surface area contributed by atoms with Crippen LogP contribution in [0, 0.1) is 0 Å². The summed E-state index contributed by atoms with van der Waals surface area (Å²) in [5.74, 6) is 0.798. The molecule has 2 heterocycles. The van der Waals surface area contributed by atoms with Gasteiger partial charge in [0.15, 0.2) is 0 Å². The smallest absolute Gasteiger partial charge is 0.215 e. The second-order valence-corrected chi connectivity index (χ2v) is 4.79. The Labute approximate surface area is 105 Å². The quantitative estimate of drug-likeness (QED) is 0.800. The van der Waals surface area contributed by atoms with Gasteiger partial charge < -0.3 is 0 Å². The summed E-state index contributed by atoms with van der Waals surface area (Å²) in [6, 6.07) is 1.85. The van der Waals surface area contributed by atoms with E-state index in [1.54, 1.807) is 11.7 Å². The van der Waals surface area contributed by atoms with Gasteiger partial charge in [-0.15, -0.1) is 5.10 Å². The summed E-state index contributed by atoms with van der Waals surface area (Å²) in [4.78, 5) is 8.62. The second-order valence-electron chi connectivity index (χ2n) is 2.99. The molecule has 8 heteroatoms. The number of hydrogen-bond donors (Lipinski definition) is 0. The summed E-state index contributed by atoms with van der Waals surface area (Å²) in [5.41, 5.74) is 0. The molecule has 0 fully saturated rings. The van der Waals surface area contributed by atoms with Gasteiger partial charge in [0.05, 0.1) is 0 Å². The van der Waals surface area contributed by atoms with Gasteiger partial charge >= 0.3 is 0 Å². The van der Waals surface area contributed by atoms with Crippen molar-refractivity contribution in [1.82, 2.24) is 30.2 Å². The lowest BCUT2D eigenvalue weighted by Crippen LogP contribution is -1.97. The van der Waals surface area contributed by atoms with Crippen molar-refractivity contribution in [3.05, 3.63) is 16.5 Å². The maximum atomic E-state index is 4.38. The first kappa shape index (κ1) is 11.5. The molecule has 0 bridgehead atoms. The average Bonchev–Trinajstić information content (AvgIpc) is 2.63. The minimum atomic E-state index is 0.702. The summed E-state index contributed by atoms with van der Waals surface area (Å²) in [6.07, 6.45) is 0.796. The van der Waals surface area contributed by atoms with E-state index in [0.717, 1.165) is 21.9 Å². The Morgan fingerprint density at radius 2 is 2.25 bits per heavy atom. The highest BCUT2D eigenvalue weighted by molar-refractivity contribution is 9.10. The minimum absolute atomic E-state index is 0.702. The van der Waals surface area contributed by atoms with Crippen molar-refractivity contribution in [2.75, 3.05) is 0 Å². The van der Waals surface area contributed by atoms with Crippen molar-refractivity contribution in [3.63, 3.8) is 0 Å². The van der Waals surface area contributed by atoms with Crippen LogP contribution in [0.4, 0.5) is 0 Å². The minimum Gasteiger partial charge on any atom is -0.226 e. The van der Waals surface area contributed by atoms with E-state index < -0.39 is 0 Å². The Bertz CT molecular complexity index is 499. The Hall–Kier alpha value is -1.02. The fraction of sp³-hybridized carbons (Fsp3) is 0.375. The first-order valence-electron chi connectivity index (χ1n) is 4.62. The Morgan fingerprint density at radius 3 is 2.88 bits per heavy atom. The van der Waals surface area contributed by atoms with Crippen LogP contribution >= 0.6 is 27.7 Å². The average molecular weight is 301 g/mol. The number of hydrogen-bond acceptors (Lipinski definition) is 6. The summed E-state index contributed by atoms with van der Waals surface area (Å²) >= 11 is 4.76. The first-order chi connectivity index (χ1) is 7.69. The van der Waals surface area contributed by atoms with Crippen LogP contribution in [0.3, 0.4) is 0 Å². The maximum Gasteiger partial charge on any atom is 0.215 e. The summed E-state index contributed by atoms with van der Waals surface area (Å²) in [5, 5.41) is 12.7. The third kappa shape index (κ3) is 2.56. The number of nitrogens with zero attached hydrogens (tertiary/aromatic N) is 6. The van der Waals surface area contributed by atoms with Crippen LogP contribution in [0.15, 0.2) is 20.9 Å². The predicted octanol–water partition coefficient (Wildman–Crippen LogP) is 1.48. The Balaban J connectivity index is 2.28. The van der Waals surface area contributed by atoms with Crippen molar-refractivity contribution in [2.45, 2.75) is 23.5 Å². The van der Waals surface area contributed by atoms with Gasteiger partial charge in [0.2, 0.25) is 5.16 Å². The molecule has 2 aromatic rings. The lowest BCUT2D eigenvalue weighted by molar-refractivity contribution is 0.664. The third-order valence-corrected chi connectivity index (χ3v) is 3.16. The zero-order chi connectivity index (χ0) is 11.5. The lowest BCUT2D eigenvalue weighted by Gasteiger charge is -2.02. The molecule has 0 N–H and O–H groups in total. The van der Waals surface area contributed by atoms with Gasteiger partial charge in [-0.25, -0.2) is 14.6 Å². The van der Waals surface area contributed by atoms with Crippen LogP contribution in [-0.2, 0) is 13.5 Å². The summed E-state index contributed by atoms with van der Waals surface area (Å²) in [7, 11) is 1.79. The van der Waals surface area contributed by atoms with Crippen molar-refractivity contribution >= 4 is 27.7 Å². The number of halogens is 1. The van der Waals surface area contributed by atoms with E-state index in [1.807, 2.05) is 13.0 Å². The molecule has 2 aromatic heterocycles. The molecule has 0 amide bonds. The van der Waals surface area contributed by atoms with Crippen LogP contribution in [0.5, 0.6) is 0 Å². The van der Waals surface area contributed by atoms with Crippen LogP contribution in [-0.4, -0.2) is 30.2 Å². The second kappa shape index (κ2) is 4.88. The zero-order valence-corrected chi connectivity index (χ0v) is 11.2. The molecule has 0 aliphatic heterocycles. The van der Waals surface area contributed by atoms with E-state index in [4.69, 9.17) is 0 Å². The van der Waals surface area contributed by atoms with Crippen molar-refractivity contribution in [1.29, 1.82) is 0 Å². The predicted molar refractivity (Wildman–Crippen MR) is 62.0 cm³/mol. The van der Waals surface area contributed by atoms with Crippen LogP contribution in [0.1, 0.15) is 12.7 Å². The third-order valence-electron chi connectivity index (χ3n) is 1.81. The molecule has 84 valence electrons. The van der Waals surface area contributed by atoms with Crippen molar-refractivity contribution in [3.8, 4) is 0 Å². The van der Waals surface area contributed by atoms with E-state index in [1.165, 1.54) is 11.8 Å². The monoisotopic (exact) mass is 300 g/mol. The molecule has 6 nitrogen and oxygen atoms in total. The van der Waals surface area contributed by atoms with Gasteiger partial charge in [0.1, 0.15) is 15.5 Å². The standard InChI is InChI=1S/C8H9BrN6S/c1-3-6-10-5(9)4-7(11-6)16-8-12-13-14-15(8)2/h4H,3H2,1-2H3. The molecule has 0 saturated heterocycles. The fourth-order valence-electron chi connectivity index (χ4n) is 1.05. The van der Waals surface area contributed by atoms with Crippen LogP contribution in [0.2, 0.25) is 0 Å². The highest BCUT2D eigenvalue weighted by Crippen LogP contribution is 2.24. The zero-order valence-electron chi connectivity index (χ0n) is 8.75. The normalized spacial score (nSPS) is 10.7. The van der Waals surface area contributed by atoms with Crippen LogP contribution in [0.25, 0.3) is 0 Å². The maximum absolute atomic E-state index is 4.38. The molecule has 0 aliphatic carbocycles. The number of aromatic nitrogens is 6. The highest BCUT2D eigenvalue weighted by Gasteiger charge is 2.08. The Kier molecular flexibility index (Phi) is 3.49. The van der Waals surface area contributed by atoms with Gasteiger partial charge in [0.25, 0.3) is 0 Å². The van der Waals surface area contributed by atoms with Gasteiger partial charge in [0, 0.05) is 19.5 Å². The van der Waals surface area contributed by atoms with Gasteiger partial charge in [-0.1, -0.05) is 6.92 Å². The van der Waals surface area contributed by atoms with Gasteiger partial charge in [-0.05, 0) is 38.1 Å². The Morgan fingerprint density at radius 1 is 1.44 bits per heavy atom. The molecular weight excluding hydrogens is 292 g/mol. The van der Waals surface area contributed by atoms with Crippen LogP contribution < -0.4 is 0 Å². The molecule has 0 saturated carbocycles. The topological polar surface area (TPSA) is 69.4 Å². The molecule has 0 spiro atoms. The van der Waals surface area contributed by atoms with E-state index in [9.17, 15) is 0 Å². The lowest BCUT2D eigenvalue weighted by atomic mass is 10.4. The van der Waals surface area contributed by atoms with E-state index >= 15 is 0 Å².